The zero-order valence-corrected chi connectivity index (χ0v) is 22.0. The molecule has 3 heteroatoms. The lowest BCUT2D eigenvalue weighted by Gasteiger charge is -2.21. The van der Waals surface area contributed by atoms with E-state index in [1.54, 1.807) is 0 Å². The maximum Gasteiger partial charge on any atom is 0.216 e. The van der Waals surface area contributed by atoms with Crippen molar-refractivity contribution in [2.75, 3.05) is 0 Å². The Bertz CT molecular complexity index is 1660. The number of aryl methyl sites for hydroxylation is 1. The molecule has 1 aliphatic carbocycles. The van der Waals surface area contributed by atoms with Crippen molar-refractivity contribution in [3.05, 3.63) is 89.1 Å². The first kappa shape index (κ1) is 23.5. The summed E-state index contributed by atoms with van der Waals surface area (Å²) in [6, 6.07) is 25.5. The van der Waals surface area contributed by atoms with Gasteiger partial charge in [0, 0.05) is 34.9 Å². The van der Waals surface area contributed by atoms with E-state index in [2.05, 4.69) is 67.9 Å². The highest BCUT2D eigenvalue weighted by molar-refractivity contribution is 6.15. The van der Waals surface area contributed by atoms with Crippen LogP contribution in [0.25, 0.3) is 44.3 Å². The standard InChI is InChI=1S/C34H33N2O/c1-22-14-17-29-32-27(21-35)15-18-28(25-12-8-5-9-13-25)33(32)37-34(29)31(22)30-19-16-26(23(2)36(30)3)20-24-10-6-4-7-11-24/h5,8-9,12-19,24H,4,6-7,10-11,20H2,1-3H3/q+1. The summed E-state index contributed by atoms with van der Waals surface area (Å²) in [6.07, 6.45) is 8.01. The second-order valence-electron chi connectivity index (χ2n) is 10.7. The van der Waals surface area contributed by atoms with Crippen LogP contribution in [0.1, 0.15) is 54.5 Å². The third kappa shape index (κ3) is 4.02. The zero-order chi connectivity index (χ0) is 25.5. The Kier molecular flexibility index (Phi) is 6.05. The number of benzene rings is 3. The molecule has 1 saturated carbocycles. The molecule has 0 bridgehead atoms. The first-order chi connectivity index (χ1) is 18.1. The number of pyridine rings is 1. The summed E-state index contributed by atoms with van der Waals surface area (Å²) >= 11 is 0. The van der Waals surface area contributed by atoms with Gasteiger partial charge >= 0.3 is 0 Å². The Morgan fingerprint density at radius 1 is 0.892 bits per heavy atom. The van der Waals surface area contributed by atoms with Crippen LogP contribution >= 0.6 is 0 Å². The normalized spacial score (nSPS) is 14.3. The summed E-state index contributed by atoms with van der Waals surface area (Å²) in [4.78, 5) is 0. The van der Waals surface area contributed by atoms with Crippen molar-refractivity contribution in [3.8, 4) is 28.5 Å². The Balaban J connectivity index is 1.55. The van der Waals surface area contributed by atoms with Crippen LogP contribution in [0.4, 0.5) is 0 Å². The molecule has 0 saturated heterocycles. The maximum absolute atomic E-state index is 9.97. The summed E-state index contributed by atoms with van der Waals surface area (Å²) in [5.74, 6) is 0.805. The van der Waals surface area contributed by atoms with Gasteiger partial charge in [-0.1, -0.05) is 74.6 Å². The Labute approximate surface area is 219 Å². The molecule has 0 spiro atoms. The van der Waals surface area contributed by atoms with Gasteiger partial charge in [0.25, 0.3) is 0 Å². The van der Waals surface area contributed by atoms with Gasteiger partial charge in [0.1, 0.15) is 18.2 Å². The minimum absolute atomic E-state index is 0.645. The molecule has 0 aliphatic heterocycles. The second-order valence-corrected chi connectivity index (χ2v) is 10.7. The SMILES string of the molecule is Cc1ccc2c(oc3c(-c4ccccc4)ccc(C#N)c32)c1-c1ccc(CC2CCCCC2)c(C)[n+]1C. The smallest absolute Gasteiger partial charge is 0.216 e. The number of furan rings is 1. The van der Waals surface area contributed by atoms with E-state index < -0.39 is 0 Å². The minimum Gasteiger partial charge on any atom is -0.454 e. The van der Waals surface area contributed by atoms with Crippen molar-refractivity contribution in [2.45, 2.75) is 52.4 Å². The molecular formula is C34H33N2O+. The van der Waals surface area contributed by atoms with Crippen molar-refractivity contribution in [3.63, 3.8) is 0 Å². The van der Waals surface area contributed by atoms with E-state index in [4.69, 9.17) is 4.42 Å². The van der Waals surface area contributed by atoms with Crippen molar-refractivity contribution in [1.82, 2.24) is 0 Å². The van der Waals surface area contributed by atoms with Crippen molar-refractivity contribution in [2.24, 2.45) is 13.0 Å². The van der Waals surface area contributed by atoms with Gasteiger partial charge in [-0.3, -0.25) is 0 Å². The molecule has 37 heavy (non-hydrogen) atoms. The van der Waals surface area contributed by atoms with Gasteiger partial charge in [0.05, 0.1) is 17.2 Å². The van der Waals surface area contributed by atoms with E-state index in [0.29, 0.717) is 5.56 Å². The lowest BCUT2D eigenvalue weighted by molar-refractivity contribution is -0.667. The van der Waals surface area contributed by atoms with Gasteiger partial charge in [-0.05, 0) is 48.6 Å². The van der Waals surface area contributed by atoms with E-state index in [1.807, 2.05) is 30.3 Å². The molecule has 1 fully saturated rings. The largest absolute Gasteiger partial charge is 0.454 e. The van der Waals surface area contributed by atoms with Crippen LogP contribution in [-0.4, -0.2) is 0 Å². The molecule has 6 rings (SSSR count). The first-order valence-electron chi connectivity index (χ1n) is 13.5. The molecule has 3 aromatic carbocycles. The van der Waals surface area contributed by atoms with E-state index in [9.17, 15) is 5.26 Å². The summed E-state index contributed by atoms with van der Waals surface area (Å²) in [5, 5.41) is 11.9. The molecule has 0 N–H and O–H groups in total. The van der Waals surface area contributed by atoms with Gasteiger partial charge in [0.2, 0.25) is 5.69 Å². The van der Waals surface area contributed by atoms with Gasteiger partial charge in [-0.25, -0.2) is 0 Å². The monoisotopic (exact) mass is 485 g/mol. The molecule has 184 valence electrons. The highest BCUT2D eigenvalue weighted by Gasteiger charge is 2.26. The van der Waals surface area contributed by atoms with Crippen LogP contribution < -0.4 is 4.57 Å². The van der Waals surface area contributed by atoms with E-state index in [0.717, 1.165) is 50.2 Å². The zero-order valence-electron chi connectivity index (χ0n) is 22.0. The number of fused-ring (bicyclic) bond motifs is 3. The second kappa shape index (κ2) is 9.52. The number of nitriles is 1. The predicted molar refractivity (Wildman–Crippen MR) is 150 cm³/mol. The molecule has 0 atom stereocenters. The Morgan fingerprint density at radius 3 is 2.43 bits per heavy atom. The number of hydrogen-bond donors (Lipinski definition) is 0. The fourth-order valence-electron chi connectivity index (χ4n) is 6.28. The summed E-state index contributed by atoms with van der Waals surface area (Å²) in [6.45, 7) is 4.40. The summed E-state index contributed by atoms with van der Waals surface area (Å²) < 4.78 is 9.06. The van der Waals surface area contributed by atoms with Crippen LogP contribution in [0.3, 0.4) is 0 Å². The minimum atomic E-state index is 0.645. The lowest BCUT2D eigenvalue weighted by Crippen LogP contribution is -2.36. The average Bonchev–Trinajstić information content (AvgIpc) is 3.32. The number of aromatic nitrogens is 1. The molecule has 1 aliphatic rings. The fourth-order valence-corrected chi connectivity index (χ4v) is 6.28. The highest BCUT2D eigenvalue weighted by atomic mass is 16.3. The Morgan fingerprint density at radius 2 is 1.68 bits per heavy atom. The lowest BCUT2D eigenvalue weighted by atomic mass is 9.84. The van der Waals surface area contributed by atoms with Crippen LogP contribution in [0, 0.1) is 31.1 Å². The van der Waals surface area contributed by atoms with Gasteiger partial charge in [0.15, 0.2) is 5.69 Å². The third-order valence-electron chi connectivity index (χ3n) is 8.46. The average molecular weight is 486 g/mol. The van der Waals surface area contributed by atoms with Gasteiger partial charge < -0.3 is 4.42 Å². The van der Waals surface area contributed by atoms with Crippen LogP contribution in [0.5, 0.6) is 0 Å². The molecule has 0 amide bonds. The summed E-state index contributed by atoms with van der Waals surface area (Å²) in [5.41, 5.74) is 10.6. The topological polar surface area (TPSA) is 40.8 Å². The summed E-state index contributed by atoms with van der Waals surface area (Å²) in [7, 11) is 2.17. The number of rotatable bonds is 4. The predicted octanol–water partition coefficient (Wildman–Crippen LogP) is 8.36. The number of hydrogen-bond acceptors (Lipinski definition) is 2. The first-order valence-corrected chi connectivity index (χ1v) is 13.5. The van der Waals surface area contributed by atoms with Crippen LogP contribution in [0.15, 0.2) is 71.1 Å². The van der Waals surface area contributed by atoms with E-state index >= 15 is 0 Å². The van der Waals surface area contributed by atoms with Crippen molar-refractivity contribution >= 4 is 21.9 Å². The van der Waals surface area contributed by atoms with Crippen molar-refractivity contribution < 1.29 is 8.98 Å². The van der Waals surface area contributed by atoms with Crippen molar-refractivity contribution in [1.29, 1.82) is 5.26 Å². The molecule has 0 unspecified atom stereocenters. The maximum atomic E-state index is 9.97. The van der Waals surface area contributed by atoms with Crippen LogP contribution in [-0.2, 0) is 13.5 Å². The highest BCUT2D eigenvalue weighted by Crippen LogP contribution is 2.42. The van der Waals surface area contributed by atoms with Gasteiger partial charge in [-0.2, -0.15) is 9.83 Å². The van der Waals surface area contributed by atoms with E-state index in [-0.39, 0.29) is 0 Å². The van der Waals surface area contributed by atoms with E-state index in [1.165, 1.54) is 55.3 Å². The molecule has 2 heterocycles. The fraction of sp³-hybridized carbons (Fsp3) is 0.294. The molecule has 2 aromatic heterocycles. The van der Waals surface area contributed by atoms with Gasteiger partial charge in [-0.15, -0.1) is 0 Å². The molecule has 3 nitrogen and oxygen atoms in total. The van der Waals surface area contributed by atoms with Crippen LogP contribution in [0.2, 0.25) is 0 Å². The quantitative estimate of drug-likeness (QED) is 0.240. The molecule has 0 radical (unpaired) electrons. The number of nitrogens with zero attached hydrogens (tertiary/aromatic N) is 2. The molecular weight excluding hydrogens is 452 g/mol. The third-order valence-corrected chi connectivity index (χ3v) is 8.46. The molecule has 5 aromatic rings. The Hall–Kier alpha value is -3.90.